The first kappa shape index (κ1) is 26.8. The van der Waals surface area contributed by atoms with Crippen molar-refractivity contribution in [2.24, 2.45) is 4.99 Å². The van der Waals surface area contributed by atoms with E-state index in [4.69, 9.17) is 4.74 Å². The van der Waals surface area contributed by atoms with E-state index in [2.05, 4.69) is 20.9 Å². The van der Waals surface area contributed by atoms with Gasteiger partial charge < -0.3 is 14.6 Å². The number of fused-ring (bicyclic) bond motifs is 1. The number of carbonyl (C=O) groups is 1. The van der Waals surface area contributed by atoms with Crippen LogP contribution in [0, 0.1) is 5.82 Å². The second kappa shape index (κ2) is 10.7. The number of aromatic nitrogens is 1. The Balaban J connectivity index is 1.69. The number of aliphatic carboxylic acids is 1. The average Bonchev–Trinajstić information content (AvgIpc) is 3.23. The first-order valence-electron chi connectivity index (χ1n) is 12.2. The Kier molecular flexibility index (Phi) is 7.38. The minimum absolute atomic E-state index is 0.00937. The van der Waals surface area contributed by atoms with Crippen molar-refractivity contribution in [2.75, 3.05) is 0 Å². The van der Waals surface area contributed by atoms with Crippen molar-refractivity contribution in [3.63, 3.8) is 0 Å². The van der Waals surface area contributed by atoms with Gasteiger partial charge in [-0.25, -0.2) is 9.38 Å². The van der Waals surface area contributed by atoms with Crippen LogP contribution >= 0.6 is 27.3 Å². The summed E-state index contributed by atoms with van der Waals surface area (Å²) >= 11 is 4.64. The molecule has 1 aromatic heterocycles. The fourth-order valence-electron chi connectivity index (χ4n) is 5.01. The zero-order valence-corrected chi connectivity index (χ0v) is 23.5. The Morgan fingerprint density at radius 3 is 2.56 bits per heavy atom. The number of hydrogen-bond donors (Lipinski definition) is 0. The van der Waals surface area contributed by atoms with Gasteiger partial charge in [0.15, 0.2) is 4.80 Å². The van der Waals surface area contributed by atoms with Crippen LogP contribution in [0.2, 0.25) is 0 Å². The lowest BCUT2D eigenvalue weighted by Crippen LogP contribution is -2.54. The number of allylic oxidation sites excluding steroid dienone is 1. The smallest absolute Gasteiger partial charge is 0.271 e. The summed E-state index contributed by atoms with van der Waals surface area (Å²) in [5.74, 6) is -1.27. The number of carbonyl (C=O) groups excluding carboxylic acids is 1. The van der Waals surface area contributed by atoms with E-state index in [0.29, 0.717) is 43.9 Å². The third-order valence-electron chi connectivity index (χ3n) is 6.79. The summed E-state index contributed by atoms with van der Waals surface area (Å²) in [4.78, 5) is 31.3. The Bertz CT molecular complexity index is 1800. The summed E-state index contributed by atoms with van der Waals surface area (Å²) in [7, 11) is 0. The van der Waals surface area contributed by atoms with Crippen LogP contribution in [-0.2, 0) is 16.9 Å². The van der Waals surface area contributed by atoms with E-state index in [1.165, 1.54) is 22.0 Å². The largest absolute Gasteiger partial charge is 0.545 e. The third kappa shape index (κ3) is 4.77. The van der Waals surface area contributed by atoms with Gasteiger partial charge >= 0.3 is 0 Å². The summed E-state index contributed by atoms with van der Waals surface area (Å²) < 4.78 is 22.7. The van der Waals surface area contributed by atoms with Crippen molar-refractivity contribution in [1.82, 2.24) is 4.57 Å². The molecule has 3 aromatic carbocycles. The average molecular weight is 606 g/mol. The fourth-order valence-corrected chi connectivity index (χ4v) is 6.47. The molecule has 4 aromatic rings. The van der Waals surface area contributed by atoms with Crippen LogP contribution < -0.4 is 24.7 Å². The maximum atomic E-state index is 14.2. The molecule has 0 spiro atoms. The van der Waals surface area contributed by atoms with E-state index in [0.717, 1.165) is 4.47 Å². The van der Waals surface area contributed by atoms with Gasteiger partial charge in [0.1, 0.15) is 23.7 Å². The minimum atomic E-state index is -1.37. The Labute approximate surface area is 236 Å². The number of nitrogens with zero attached hydrogens (tertiary/aromatic N) is 2. The number of thiazole rings is 1. The van der Waals surface area contributed by atoms with Crippen molar-refractivity contribution in [3.8, 4) is 5.75 Å². The van der Waals surface area contributed by atoms with Gasteiger partial charge in [0.05, 0.1) is 10.5 Å². The van der Waals surface area contributed by atoms with E-state index >= 15 is 0 Å². The number of hydrogen-bond acceptors (Lipinski definition) is 6. The van der Waals surface area contributed by atoms with Crippen LogP contribution in [0.4, 0.5) is 4.39 Å². The molecule has 0 N–H and O–H groups in total. The highest BCUT2D eigenvalue weighted by Gasteiger charge is 2.43. The van der Waals surface area contributed by atoms with E-state index in [-0.39, 0.29) is 23.6 Å². The molecule has 0 bridgehead atoms. The van der Waals surface area contributed by atoms with E-state index < -0.39 is 11.5 Å². The van der Waals surface area contributed by atoms with E-state index in [1.807, 2.05) is 37.3 Å². The quantitative estimate of drug-likeness (QED) is 0.318. The molecular formula is C30H23BrFN2O4S-. The molecule has 1 unspecified atom stereocenters. The van der Waals surface area contributed by atoms with Gasteiger partial charge in [-0.05, 0) is 49.2 Å². The molecule has 6 nitrogen and oxygen atoms in total. The van der Waals surface area contributed by atoms with Gasteiger partial charge in [0.25, 0.3) is 5.56 Å². The van der Waals surface area contributed by atoms with Gasteiger partial charge in [-0.1, -0.05) is 82.7 Å². The molecule has 9 heteroatoms. The topological polar surface area (TPSA) is 83.7 Å². The predicted octanol–water partition coefficient (Wildman–Crippen LogP) is 4.03. The van der Waals surface area contributed by atoms with Crippen molar-refractivity contribution in [1.29, 1.82) is 0 Å². The number of benzene rings is 3. The molecule has 0 fully saturated rings. The Morgan fingerprint density at radius 2 is 1.87 bits per heavy atom. The zero-order chi connectivity index (χ0) is 27.7. The second-order valence-corrected chi connectivity index (χ2v) is 11.0. The van der Waals surface area contributed by atoms with E-state index in [1.54, 1.807) is 49.4 Å². The molecular weight excluding hydrogens is 583 g/mol. The Hall–Kier alpha value is -3.82. The molecule has 1 aliphatic rings. The molecule has 2 heterocycles. The fraction of sp³-hybridized carbons (Fsp3) is 0.167. The van der Waals surface area contributed by atoms with Crippen LogP contribution in [0.3, 0.4) is 0 Å². The summed E-state index contributed by atoms with van der Waals surface area (Å²) in [6.07, 6.45) is 1.98. The SMILES string of the molecule is CCC1(c2ccccc2)C(C(=O)[O-])=C(C)N=c2sc(=Cc3cc(Br)ccc3OCc3ccccc3F)c(=O)n21. The van der Waals surface area contributed by atoms with Gasteiger partial charge in [-0.2, -0.15) is 0 Å². The summed E-state index contributed by atoms with van der Waals surface area (Å²) in [6.45, 7) is 3.47. The number of carboxylic acid groups (broad SMARTS) is 1. The highest BCUT2D eigenvalue weighted by atomic mass is 79.9. The monoisotopic (exact) mass is 605 g/mol. The van der Waals surface area contributed by atoms with Crippen LogP contribution in [0.5, 0.6) is 5.75 Å². The second-order valence-electron chi connectivity index (χ2n) is 9.04. The third-order valence-corrected chi connectivity index (χ3v) is 8.26. The normalized spacial score (nSPS) is 17.1. The molecule has 0 radical (unpaired) electrons. The zero-order valence-electron chi connectivity index (χ0n) is 21.1. The summed E-state index contributed by atoms with van der Waals surface area (Å²) in [5, 5.41) is 12.4. The van der Waals surface area contributed by atoms with Crippen LogP contribution in [0.1, 0.15) is 37.0 Å². The minimum Gasteiger partial charge on any atom is -0.545 e. The molecule has 1 atom stereocenters. The van der Waals surface area contributed by atoms with Crippen molar-refractivity contribution in [2.45, 2.75) is 32.4 Å². The summed E-state index contributed by atoms with van der Waals surface area (Å²) in [6, 6.07) is 20.8. The van der Waals surface area contributed by atoms with Gasteiger partial charge in [-0.3, -0.25) is 9.36 Å². The lowest BCUT2D eigenvalue weighted by molar-refractivity contribution is -0.300. The molecule has 0 saturated heterocycles. The first-order valence-corrected chi connectivity index (χ1v) is 13.8. The number of ether oxygens (including phenoxy) is 1. The predicted molar refractivity (Wildman–Crippen MR) is 149 cm³/mol. The number of halogens is 2. The van der Waals surface area contributed by atoms with Crippen molar-refractivity contribution < 1.29 is 19.0 Å². The highest BCUT2D eigenvalue weighted by Crippen LogP contribution is 2.39. The molecule has 5 rings (SSSR count). The number of carboxylic acids is 1. The van der Waals surface area contributed by atoms with Gasteiger partial charge in [-0.15, -0.1) is 0 Å². The van der Waals surface area contributed by atoms with Crippen molar-refractivity contribution in [3.05, 3.63) is 131 Å². The van der Waals surface area contributed by atoms with Gasteiger partial charge in [0.2, 0.25) is 0 Å². The molecule has 198 valence electrons. The van der Waals surface area contributed by atoms with Crippen LogP contribution in [0.25, 0.3) is 6.08 Å². The molecule has 39 heavy (non-hydrogen) atoms. The first-order chi connectivity index (χ1) is 18.8. The van der Waals surface area contributed by atoms with Crippen molar-refractivity contribution >= 4 is 39.3 Å². The molecule has 0 saturated carbocycles. The van der Waals surface area contributed by atoms with Crippen LogP contribution in [0.15, 0.2) is 98.3 Å². The van der Waals surface area contributed by atoms with E-state index in [9.17, 15) is 19.1 Å². The maximum absolute atomic E-state index is 14.2. The molecule has 0 amide bonds. The maximum Gasteiger partial charge on any atom is 0.271 e. The molecule has 1 aliphatic heterocycles. The summed E-state index contributed by atoms with van der Waals surface area (Å²) in [5.41, 5.74) is 0.257. The standard InChI is InChI=1S/C30H24BrFN2O4S/c1-3-30(21-10-5-4-6-11-21)26(28(36)37)18(2)33-29-34(30)27(35)25(39-29)16-20-15-22(31)13-14-24(20)38-17-19-9-7-8-12-23(19)32/h4-16H,3,17H2,1-2H3,(H,36,37)/p-1. The number of rotatable bonds is 7. The van der Waals surface area contributed by atoms with Crippen LogP contribution in [-0.4, -0.2) is 10.5 Å². The Morgan fingerprint density at radius 1 is 1.15 bits per heavy atom. The molecule has 0 aliphatic carbocycles. The van der Waals surface area contributed by atoms with Gasteiger partial charge in [0, 0.05) is 26.9 Å². The highest BCUT2D eigenvalue weighted by molar-refractivity contribution is 9.10. The lowest BCUT2D eigenvalue weighted by Gasteiger charge is -2.39. The lowest BCUT2D eigenvalue weighted by atomic mass is 9.78.